The Morgan fingerprint density at radius 1 is 1.19 bits per heavy atom. The maximum atomic E-state index is 12.8. The number of rotatable bonds is 4. The normalized spacial score (nSPS) is 12.8. The van der Waals surface area contributed by atoms with Crippen molar-refractivity contribution in [3.8, 4) is 0 Å². The first kappa shape index (κ1) is 16.8. The number of anilines is 1. The van der Waals surface area contributed by atoms with E-state index in [-0.39, 0.29) is 29.5 Å². The summed E-state index contributed by atoms with van der Waals surface area (Å²) in [5, 5.41) is 11.0. The Hall–Kier alpha value is -3.68. The molecule has 0 spiro atoms. The third-order valence-electron chi connectivity index (χ3n) is 4.52. The molecule has 0 fully saturated rings. The lowest BCUT2D eigenvalue weighted by Gasteiger charge is -2.15. The van der Waals surface area contributed by atoms with Crippen molar-refractivity contribution >= 4 is 17.3 Å². The van der Waals surface area contributed by atoms with Crippen molar-refractivity contribution in [2.24, 2.45) is 0 Å². The van der Waals surface area contributed by atoms with Gasteiger partial charge in [0.15, 0.2) is 5.76 Å². The molecule has 0 aliphatic carbocycles. The van der Waals surface area contributed by atoms with E-state index in [0.29, 0.717) is 24.4 Å². The molecule has 3 heterocycles. The smallest absolute Gasteiger partial charge is 0.293 e. The molecule has 0 bridgehead atoms. The van der Waals surface area contributed by atoms with Crippen molar-refractivity contribution < 1.29 is 14.1 Å². The molecule has 8 nitrogen and oxygen atoms in total. The van der Waals surface area contributed by atoms with Crippen molar-refractivity contribution in [1.29, 1.82) is 0 Å². The van der Waals surface area contributed by atoms with Crippen LogP contribution in [0.15, 0.2) is 63.9 Å². The summed E-state index contributed by atoms with van der Waals surface area (Å²) < 4.78 is 7.10. The first-order chi connectivity index (χ1) is 13.0. The highest BCUT2D eigenvalue weighted by Crippen LogP contribution is 2.32. The number of furan rings is 1. The van der Waals surface area contributed by atoms with Crippen LogP contribution in [-0.4, -0.2) is 21.9 Å². The molecule has 1 aliphatic heterocycles. The monoisotopic (exact) mass is 365 g/mol. The van der Waals surface area contributed by atoms with Crippen LogP contribution < -0.4 is 10.5 Å². The van der Waals surface area contributed by atoms with Crippen molar-refractivity contribution in [1.82, 2.24) is 4.57 Å². The number of nitro benzene ring substituents is 1. The van der Waals surface area contributed by atoms with Gasteiger partial charge in [-0.3, -0.25) is 19.7 Å². The molecule has 0 radical (unpaired) electrons. The van der Waals surface area contributed by atoms with Crippen LogP contribution >= 0.6 is 0 Å². The molecule has 2 aromatic heterocycles. The second kappa shape index (κ2) is 6.56. The number of hydrogen-bond donors (Lipinski definition) is 0. The highest BCUT2D eigenvalue weighted by atomic mass is 16.6. The number of pyridine rings is 1. The van der Waals surface area contributed by atoms with Gasteiger partial charge >= 0.3 is 0 Å². The van der Waals surface area contributed by atoms with Gasteiger partial charge in [0.2, 0.25) is 0 Å². The second-order valence-electron chi connectivity index (χ2n) is 6.21. The molecule has 0 saturated heterocycles. The lowest BCUT2D eigenvalue weighted by Crippen LogP contribution is -2.28. The van der Waals surface area contributed by atoms with E-state index < -0.39 is 4.92 Å². The van der Waals surface area contributed by atoms with Crippen LogP contribution in [0.4, 0.5) is 11.4 Å². The molecule has 4 rings (SSSR count). The zero-order valence-corrected chi connectivity index (χ0v) is 14.2. The number of carbonyl (C=O) groups is 1. The summed E-state index contributed by atoms with van der Waals surface area (Å²) in [6.07, 6.45) is 2.27. The Kier molecular flexibility index (Phi) is 4.08. The van der Waals surface area contributed by atoms with Gasteiger partial charge in [0.25, 0.3) is 17.2 Å². The standard InChI is InChI=1S/C19H15N3O5/c23-18-3-1-2-9-20(18)12-15-6-7-17(27-15)19(24)21-10-8-13-4-5-14(22(25)26)11-16(13)21/h1-7,9,11H,8,10,12H2. The number of nitrogens with zero attached hydrogens (tertiary/aromatic N) is 3. The van der Waals surface area contributed by atoms with Gasteiger partial charge in [0.05, 0.1) is 17.2 Å². The lowest BCUT2D eigenvalue weighted by molar-refractivity contribution is -0.384. The third-order valence-corrected chi connectivity index (χ3v) is 4.52. The van der Waals surface area contributed by atoms with Crippen LogP contribution in [0.3, 0.4) is 0 Å². The summed E-state index contributed by atoms with van der Waals surface area (Å²) in [4.78, 5) is 36.6. The van der Waals surface area contributed by atoms with Crippen LogP contribution in [0.25, 0.3) is 0 Å². The summed E-state index contributed by atoms with van der Waals surface area (Å²) >= 11 is 0. The molecule has 136 valence electrons. The van der Waals surface area contributed by atoms with Crippen molar-refractivity contribution in [2.45, 2.75) is 13.0 Å². The summed E-state index contributed by atoms with van der Waals surface area (Å²) in [5.41, 5.74) is 1.20. The van der Waals surface area contributed by atoms with E-state index >= 15 is 0 Å². The second-order valence-corrected chi connectivity index (χ2v) is 6.21. The predicted molar refractivity (Wildman–Crippen MR) is 97.0 cm³/mol. The van der Waals surface area contributed by atoms with Gasteiger partial charge < -0.3 is 13.9 Å². The van der Waals surface area contributed by atoms with Crippen LogP contribution in [0.1, 0.15) is 21.9 Å². The molecule has 0 N–H and O–H groups in total. The molecular weight excluding hydrogens is 350 g/mol. The largest absolute Gasteiger partial charge is 0.454 e. The van der Waals surface area contributed by atoms with E-state index in [1.54, 1.807) is 36.5 Å². The van der Waals surface area contributed by atoms with Crippen LogP contribution in [0.5, 0.6) is 0 Å². The molecule has 0 saturated carbocycles. The average molecular weight is 365 g/mol. The lowest BCUT2D eigenvalue weighted by atomic mass is 10.1. The van der Waals surface area contributed by atoms with Crippen molar-refractivity contribution in [3.05, 3.63) is 92.3 Å². The molecule has 1 aliphatic rings. The minimum atomic E-state index is -0.482. The number of hydrogen-bond acceptors (Lipinski definition) is 5. The fourth-order valence-corrected chi connectivity index (χ4v) is 3.16. The number of nitro groups is 1. The minimum absolute atomic E-state index is 0.0583. The first-order valence-corrected chi connectivity index (χ1v) is 8.36. The fraction of sp³-hybridized carbons (Fsp3) is 0.158. The zero-order chi connectivity index (χ0) is 19.0. The summed E-state index contributed by atoms with van der Waals surface area (Å²) in [6, 6.07) is 12.6. The molecule has 27 heavy (non-hydrogen) atoms. The first-order valence-electron chi connectivity index (χ1n) is 8.36. The van der Waals surface area contributed by atoms with E-state index in [0.717, 1.165) is 5.56 Å². The van der Waals surface area contributed by atoms with Crippen molar-refractivity contribution in [3.63, 3.8) is 0 Å². The van der Waals surface area contributed by atoms with Gasteiger partial charge in [0, 0.05) is 30.9 Å². The summed E-state index contributed by atoms with van der Waals surface area (Å²) in [6.45, 7) is 0.651. The average Bonchev–Trinajstić information content (AvgIpc) is 3.29. The third kappa shape index (κ3) is 3.12. The Balaban J connectivity index is 1.58. The number of benzene rings is 1. The van der Waals surface area contributed by atoms with E-state index in [1.165, 1.54) is 27.7 Å². The maximum Gasteiger partial charge on any atom is 0.293 e. The molecule has 1 aromatic carbocycles. The highest BCUT2D eigenvalue weighted by Gasteiger charge is 2.29. The maximum absolute atomic E-state index is 12.8. The molecule has 3 aromatic rings. The van der Waals surface area contributed by atoms with Crippen LogP contribution in [0.2, 0.25) is 0 Å². The zero-order valence-electron chi connectivity index (χ0n) is 14.2. The number of carbonyl (C=O) groups excluding carboxylic acids is 1. The summed E-state index contributed by atoms with van der Waals surface area (Å²) in [7, 11) is 0. The Labute approximate surface area is 153 Å². The van der Waals surface area contributed by atoms with E-state index in [2.05, 4.69) is 0 Å². The highest BCUT2D eigenvalue weighted by molar-refractivity contribution is 6.05. The van der Waals surface area contributed by atoms with Gasteiger partial charge in [-0.15, -0.1) is 0 Å². The summed E-state index contributed by atoms with van der Waals surface area (Å²) in [5.74, 6) is 0.249. The van der Waals surface area contributed by atoms with Crippen LogP contribution in [0, 0.1) is 10.1 Å². The van der Waals surface area contributed by atoms with Gasteiger partial charge in [-0.25, -0.2) is 0 Å². The number of aromatic nitrogens is 1. The van der Waals surface area contributed by atoms with Crippen LogP contribution in [-0.2, 0) is 13.0 Å². The fourth-order valence-electron chi connectivity index (χ4n) is 3.16. The van der Waals surface area contributed by atoms with Gasteiger partial charge in [-0.1, -0.05) is 12.1 Å². The molecule has 8 heteroatoms. The Morgan fingerprint density at radius 3 is 2.81 bits per heavy atom. The minimum Gasteiger partial charge on any atom is -0.454 e. The Morgan fingerprint density at radius 2 is 2.04 bits per heavy atom. The van der Waals surface area contributed by atoms with E-state index in [4.69, 9.17) is 4.42 Å². The van der Waals surface area contributed by atoms with E-state index in [9.17, 15) is 19.7 Å². The quantitative estimate of drug-likeness (QED) is 0.523. The van der Waals surface area contributed by atoms with Crippen molar-refractivity contribution in [2.75, 3.05) is 11.4 Å². The molecule has 0 atom stereocenters. The van der Waals surface area contributed by atoms with Gasteiger partial charge in [-0.2, -0.15) is 0 Å². The number of amides is 1. The SMILES string of the molecule is O=C(c1ccc(Cn2ccccc2=O)o1)N1CCc2ccc([N+](=O)[O-])cc21. The van der Waals surface area contributed by atoms with Gasteiger partial charge in [-0.05, 0) is 30.2 Å². The number of non-ortho nitro benzene ring substituents is 1. The molecular formula is C19H15N3O5. The molecule has 0 unspecified atom stereocenters. The Bertz CT molecular complexity index is 1100. The number of fused-ring (bicyclic) bond motifs is 1. The van der Waals surface area contributed by atoms with Gasteiger partial charge in [0.1, 0.15) is 5.76 Å². The molecule has 1 amide bonds. The van der Waals surface area contributed by atoms with E-state index in [1.807, 2.05) is 0 Å². The predicted octanol–water partition coefficient (Wildman–Crippen LogP) is 2.60. The topological polar surface area (TPSA) is 98.6 Å².